The molecule has 0 fully saturated rings. The van der Waals surface area contributed by atoms with Crippen LogP contribution in [-0.4, -0.2) is 12.6 Å². The highest BCUT2D eigenvalue weighted by atomic mass is 35.5. The molecule has 0 radical (unpaired) electrons. The Balaban J connectivity index is 2.13. The third-order valence-corrected chi connectivity index (χ3v) is 3.75. The maximum Gasteiger partial charge on any atom is 0.412 e. The summed E-state index contributed by atoms with van der Waals surface area (Å²) in [5, 5.41) is 3.34. The summed E-state index contributed by atoms with van der Waals surface area (Å²) in [7, 11) is 0. The van der Waals surface area contributed by atoms with E-state index in [0.717, 1.165) is 11.4 Å². The number of carbonyl (C=O) groups excluding carboxylic acids is 1. The molecule has 2 rings (SSSR count). The number of hydrogen-bond acceptors (Lipinski definition) is 2. The first-order valence-corrected chi connectivity index (χ1v) is 7.83. The molecule has 1 atom stereocenters. The van der Waals surface area contributed by atoms with Gasteiger partial charge in [-0.2, -0.15) is 0 Å². The van der Waals surface area contributed by atoms with E-state index in [-0.39, 0.29) is 0 Å². The van der Waals surface area contributed by atoms with Gasteiger partial charge in [0.2, 0.25) is 0 Å². The SMILES string of the molecule is CCNC(=O)Oc1ccc(C(CC)c2ccc(Cl)cc2)cc1. The van der Waals surface area contributed by atoms with Crippen LogP contribution >= 0.6 is 11.6 Å². The Bertz CT molecular complexity index is 608. The molecule has 2 aromatic rings. The lowest BCUT2D eigenvalue weighted by molar-refractivity contribution is 0.201. The molecule has 0 saturated carbocycles. The van der Waals surface area contributed by atoms with E-state index in [1.807, 2.05) is 43.3 Å². The lowest BCUT2D eigenvalue weighted by Crippen LogP contribution is -2.26. The van der Waals surface area contributed by atoms with Crippen molar-refractivity contribution in [2.45, 2.75) is 26.2 Å². The van der Waals surface area contributed by atoms with Gasteiger partial charge in [-0.3, -0.25) is 0 Å². The van der Waals surface area contributed by atoms with E-state index < -0.39 is 6.09 Å². The van der Waals surface area contributed by atoms with E-state index in [1.165, 1.54) is 11.1 Å². The molecule has 1 amide bonds. The van der Waals surface area contributed by atoms with Crippen LogP contribution in [0.15, 0.2) is 48.5 Å². The van der Waals surface area contributed by atoms with Gasteiger partial charge < -0.3 is 10.1 Å². The Morgan fingerprint density at radius 2 is 1.59 bits per heavy atom. The highest BCUT2D eigenvalue weighted by molar-refractivity contribution is 6.30. The van der Waals surface area contributed by atoms with E-state index in [0.29, 0.717) is 18.2 Å². The Kier molecular flexibility index (Phi) is 5.84. The number of ether oxygens (including phenoxy) is 1. The van der Waals surface area contributed by atoms with Crippen molar-refractivity contribution < 1.29 is 9.53 Å². The first-order valence-electron chi connectivity index (χ1n) is 7.45. The Labute approximate surface area is 136 Å². The second kappa shape index (κ2) is 7.85. The predicted octanol–water partition coefficient (Wildman–Crippen LogP) is 4.99. The number of carbonyl (C=O) groups is 1. The molecule has 0 saturated heterocycles. The maximum absolute atomic E-state index is 11.4. The third-order valence-electron chi connectivity index (χ3n) is 3.49. The van der Waals surface area contributed by atoms with Crippen LogP contribution in [0.3, 0.4) is 0 Å². The van der Waals surface area contributed by atoms with Crippen molar-refractivity contribution in [2.24, 2.45) is 0 Å². The van der Waals surface area contributed by atoms with Gasteiger partial charge in [-0.1, -0.05) is 42.8 Å². The van der Waals surface area contributed by atoms with Gasteiger partial charge in [0.1, 0.15) is 5.75 Å². The summed E-state index contributed by atoms with van der Waals surface area (Å²) in [6.07, 6.45) is 0.554. The number of hydrogen-bond donors (Lipinski definition) is 1. The summed E-state index contributed by atoms with van der Waals surface area (Å²) < 4.78 is 5.18. The molecule has 0 aromatic heterocycles. The highest BCUT2D eigenvalue weighted by Gasteiger charge is 2.12. The average molecular weight is 318 g/mol. The number of nitrogens with one attached hydrogen (secondary N) is 1. The standard InChI is InChI=1S/C18H20ClNO2/c1-3-17(13-5-9-15(19)10-6-13)14-7-11-16(12-8-14)22-18(21)20-4-2/h5-12,17H,3-4H2,1-2H3,(H,20,21). The minimum atomic E-state index is -0.431. The van der Waals surface area contributed by atoms with Crippen LogP contribution in [0.5, 0.6) is 5.75 Å². The molecule has 0 aliphatic heterocycles. The van der Waals surface area contributed by atoms with Gasteiger partial charge in [0.15, 0.2) is 0 Å². The molecular formula is C18H20ClNO2. The molecule has 2 aromatic carbocycles. The summed E-state index contributed by atoms with van der Waals surface area (Å²) in [5.41, 5.74) is 2.41. The molecule has 0 heterocycles. The number of halogens is 1. The second-order valence-electron chi connectivity index (χ2n) is 5.00. The molecule has 1 N–H and O–H groups in total. The van der Waals surface area contributed by atoms with Crippen LogP contribution < -0.4 is 10.1 Å². The fraction of sp³-hybridized carbons (Fsp3) is 0.278. The van der Waals surface area contributed by atoms with E-state index in [2.05, 4.69) is 24.4 Å². The van der Waals surface area contributed by atoms with E-state index >= 15 is 0 Å². The topological polar surface area (TPSA) is 38.3 Å². The maximum atomic E-state index is 11.4. The van der Waals surface area contributed by atoms with Crippen molar-refractivity contribution in [3.8, 4) is 5.75 Å². The van der Waals surface area contributed by atoms with Crippen molar-refractivity contribution in [2.75, 3.05) is 6.54 Å². The quantitative estimate of drug-likeness (QED) is 0.843. The highest BCUT2D eigenvalue weighted by Crippen LogP contribution is 2.29. The normalized spacial score (nSPS) is 11.8. The molecule has 0 spiro atoms. The van der Waals surface area contributed by atoms with Crippen LogP contribution in [0.2, 0.25) is 5.02 Å². The van der Waals surface area contributed by atoms with Crippen molar-refractivity contribution in [3.05, 3.63) is 64.7 Å². The van der Waals surface area contributed by atoms with E-state index in [1.54, 1.807) is 0 Å². The summed E-state index contributed by atoms with van der Waals surface area (Å²) in [4.78, 5) is 11.4. The Hall–Kier alpha value is -2.00. The lowest BCUT2D eigenvalue weighted by atomic mass is 9.89. The summed E-state index contributed by atoms with van der Waals surface area (Å²) in [6, 6.07) is 15.6. The minimum Gasteiger partial charge on any atom is -0.410 e. The van der Waals surface area contributed by atoms with Gasteiger partial charge in [0.05, 0.1) is 0 Å². The zero-order valence-electron chi connectivity index (χ0n) is 12.8. The zero-order chi connectivity index (χ0) is 15.9. The molecule has 1 unspecified atom stereocenters. The van der Waals surface area contributed by atoms with Crippen LogP contribution in [0.4, 0.5) is 4.79 Å². The van der Waals surface area contributed by atoms with Crippen molar-refractivity contribution in [1.82, 2.24) is 5.32 Å². The van der Waals surface area contributed by atoms with Crippen molar-refractivity contribution in [3.63, 3.8) is 0 Å². The molecule has 0 aliphatic rings. The largest absolute Gasteiger partial charge is 0.412 e. The van der Waals surface area contributed by atoms with Crippen molar-refractivity contribution in [1.29, 1.82) is 0 Å². The molecule has 0 bridgehead atoms. The van der Waals surface area contributed by atoms with Crippen molar-refractivity contribution >= 4 is 17.7 Å². The lowest BCUT2D eigenvalue weighted by Gasteiger charge is -2.16. The predicted molar refractivity (Wildman–Crippen MR) is 89.7 cm³/mol. The van der Waals surface area contributed by atoms with Gasteiger partial charge in [-0.25, -0.2) is 4.79 Å². The second-order valence-corrected chi connectivity index (χ2v) is 5.44. The molecular weight excluding hydrogens is 298 g/mol. The Morgan fingerprint density at radius 1 is 1.05 bits per heavy atom. The first kappa shape index (κ1) is 16.4. The van der Waals surface area contributed by atoms with Crippen LogP contribution in [0.1, 0.15) is 37.3 Å². The van der Waals surface area contributed by atoms with Crippen LogP contribution in [0.25, 0.3) is 0 Å². The number of rotatable bonds is 5. The monoisotopic (exact) mass is 317 g/mol. The number of amides is 1. The van der Waals surface area contributed by atoms with Gasteiger partial charge in [0, 0.05) is 17.5 Å². The van der Waals surface area contributed by atoms with E-state index in [4.69, 9.17) is 16.3 Å². The number of benzene rings is 2. The fourth-order valence-electron chi connectivity index (χ4n) is 2.41. The molecule has 4 heteroatoms. The minimum absolute atomic E-state index is 0.302. The van der Waals surface area contributed by atoms with Gasteiger partial charge in [-0.05, 0) is 48.7 Å². The molecule has 22 heavy (non-hydrogen) atoms. The third kappa shape index (κ3) is 4.25. The zero-order valence-corrected chi connectivity index (χ0v) is 13.6. The Morgan fingerprint density at radius 3 is 2.09 bits per heavy atom. The van der Waals surface area contributed by atoms with Gasteiger partial charge >= 0.3 is 6.09 Å². The molecule has 3 nitrogen and oxygen atoms in total. The van der Waals surface area contributed by atoms with Gasteiger partial charge in [0.25, 0.3) is 0 Å². The fourth-order valence-corrected chi connectivity index (χ4v) is 2.54. The van der Waals surface area contributed by atoms with E-state index in [9.17, 15) is 4.79 Å². The van der Waals surface area contributed by atoms with Gasteiger partial charge in [-0.15, -0.1) is 0 Å². The average Bonchev–Trinajstić information content (AvgIpc) is 2.52. The van der Waals surface area contributed by atoms with Crippen LogP contribution in [-0.2, 0) is 0 Å². The summed E-state index contributed by atoms with van der Waals surface area (Å²) in [5.74, 6) is 0.844. The summed E-state index contributed by atoms with van der Waals surface area (Å²) >= 11 is 5.95. The molecule has 116 valence electrons. The van der Waals surface area contributed by atoms with Crippen LogP contribution in [0, 0.1) is 0 Å². The first-order chi connectivity index (χ1) is 10.6. The smallest absolute Gasteiger partial charge is 0.410 e. The summed E-state index contributed by atoms with van der Waals surface area (Å²) in [6.45, 7) is 4.55. The molecule has 0 aliphatic carbocycles.